The molecule has 7 heteroatoms. The van der Waals surface area contributed by atoms with Crippen LogP contribution in [0.5, 0.6) is 0 Å². The molecule has 3 heterocycles. The number of hydrogen-bond donors (Lipinski definition) is 1. The lowest BCUT2D eigenvalue weighted by molar-refractivity contribution is -0.843. The molecule has 90 valence electrons. The Morgan fingerprint density at radius 3 is 2.88 bits per heavy atom. The van der Waals surface area contributed by atoms with Crippen LogP contribution in [0.4, 0.5) is 5.82 Å². The molecular formula is C10H10BrClN3OS+. The Labute approximate surface area is 116 Å². The summed E-state index contributed by atoms with van der Waals surface area (Å²) in [7, 11) is 0. The van der Waals surface area contributed by atoms with Crippen molar-refractivity contribution in [3.63, 3.8) is 0 Å². The molecule has 0 saturated carbocycles. The molecule has 0 spiro atoms. The zero-order chi connectivity index (χ0) is 11.8. The maximum absolute atomic E-state index is 5.99. The quantitative estimate of drug-likeness (QED) is 0.806. The van der Waals surface area contributed by atoms with Crippen LogP contribution in [0.2, 0.25) is 5.28 Å². The van der Waals surface area contributed by atoms with Crippen LogP contribution in [0.1, 0.15) is 0 Å². The van der Waals surface area contributed by atoms with Gasteiger partial charge in [-0.05, 0) is 27.5 Å². The van der Waals surface area contributed by atoms with Crippen LogP contribution in [0.25, 0.3) is 10.2 Å². The first-order chi connectivity index (χ1) is 8.25. The molecule has 2 aromatic heterocycles. The highest BCUT2D eigenvalue weighted by Crippen LogP contribution is 2.32. The largest absolute Gasteiger partial charge is 0.370 e. The van der Waals surface area contributed by atoms with Gasteiger partial charge in [0.1, 0.15) is 23.3 Å². The van der Waals surface area contributed by atoms with Crippen LogP contribution >= 0.6 is 38.9 Å². The predicted octanol–water partition coefficient (Wildman–Crippen LogP) is 1.65. The standard InChI is InChI=1S/C10H9BrClN3OS/c11-6-5-17-8-7(6)13-10(12)14-9(8)15-1-3-16-4-2-15/h5H,1-4H2/p+1. The number of halogens is 2. The molecule has 0 aromatic carbocycles. The van der Waals surface area contributed by atoms with Gasteiger partial charge < -0.3 is 4.74 Å². The number of nitrogens with zero attached hydrogens (tertiary/aromatic N) is 2. The minimum Gasteiger partial charge on any atom is -0.370 e. The average Bonchev–Trinajstić information content (AvgIpc) is 2.72. The van der Waals surface area contributed by atoms with E-state index in [1.807, 2.05) is 5.38 Å². The lowest BCUT2D eigenvalue weighted by atomic mass is 10.3. The van der Waals surface area contributed by atoms with Gasteiger partial charge in [-0.3, -0.25) is 4.90 Å². The van der Waals surface area contributed by atoms with Crippen molar-refractivity contribution in [3.8, 4) is 0 Å². The number of rotatable bonds is 1. The van der Waals surface area contributed by atoms with Crippen LogP contribution in [0.15, 0.2) is 9.85 Å². The van der Waals surface area contributed by atoms with Crippen molar-refractivity contribution in [2.75, 3.05) is 26.3 Å². The minimum atomic E-state index is 0.311. The molecule has 1 aliphatic rings. The van der Waals surface area contributed by atoms with Crippen molar-refractivity contribution < 1.29 is 9.64 Å². The van der Waals surface area contributed by atoms with E-state index in [1.165, 1.54) is 4.90 Å². The van der Waals surface area contributed by atoms with Gasteiger partial charge in [0.05, 0.1) is 17.7 Å². The smallest absolute Gasteiger partial charge is 0.248 e. The highest BCUT2D eigenvalue weighted by Gasteiger charge is 2.23. The van der Waals surface area contributed by atoms with Crippen LogP contribution in [0, 0.1) is 0 Å². The van der Waals surface area contributed by atoms with E-state index in [-0.39, 0.29) is 0 Å². The van der Waals surface area contributed by atoms with Gasteiger partial charge in [0, 0.05) is 5.38 Å². The van der Waals surface area contributed by atoms with E-state index in [4.69, 9.17) is 16.3 Å². The van der Waals surface area contributed by atoms with Gasteiger partial charge in [0.25, 0.3) is 0 Å². The van der Waals surface area contributed by atoms with Crippen molar-refractivity contribution in [2.24, 2.45) is 0 Å². The first kappa shape index (κ1) is 11.8. The molecule has 0 radical (unpaired) electrons. The van der Waals surface area contributed by atoms with Crippen LogP contribution in [-0.2, 0) is 4.74 Å². The van der Waals surface area contributed by atoms with Crippen LogP contribution < -0.4 is 4.90 Å². The molecule has 0 amide bonds. The summed E-state index contributed by atoms with van der Waals surface area (Å²) in [5, 5.41) is 2.34. The average molecular weight is 336 g/mol. The molecule has 1 fully saturated rings. The van der Waals surface area contributed by atoms with E-state index in [0.717, 1.165) is 46.8 Å². The van der Waals surface area contributed by atoms with E-state index in [1.54, 1.807) is 11.3 Å². The van der Waals surface area contributed by atoms with Crippen molar-refractivity contribution in [3.05, 3.63) is 15.1 Å². The van der Waals surface area contributed by atoms with E-state index in [0.29, 0.717) is 5.28 Å². The van der Waals surface area contributed by atoms with Gasteiger partial charge in [0.15, 0.2) is 0 Å². The number of aromatic nitrogens is 2. The van der Waals surface area contributed by atoms with Crippen LogP contribution in [0.3, 0.4) is 0 Å². The maximum atomic E-state index is 5.99. The molecule has 1 saturated heterocycles. The number of nitrogens with one attached hydrogen (secondary N) is 1. The monoisotopic (exact) mass is 334 g/mol. The predicted molar refractivity (Wildman–Crippen MR) is 71.3 cm³/mol. The highest BCUT2D eigenvalue weighted by atomic mass is 79.9. The highest BCUT2D eigenvalue weighted by molar-refractivity contribution is 9.10. The molecule has 1 N–H and O–H groups in total. The third-order valence-corrected chi connectivity index (χ3v) is 4.83. The Bertz CT molecular complexity index is 556. The maximum Gasteiger partial charge on any atom is 0.248 e. The number of fused-ring (bicyclic) bond motifs is 1. The summed E-state index contributed by atoms with van der Waals surface area (Å²) < 4.78 is 7.46. The van der Waals surface area contributed by atoms with Crippen molar-refractivity contribution in [1.82, 2.24) is 9.97 Å². The molecule has 0 aliphatic carbocycles. The van der Waals surface area contributed by atoms with Gasteiger partial charge in [0.2, 0.25) is 11.1 Å². The normalized spacial score (nSPS) is 17.8. The van der Waals surface area contributed by atoms with Gasteiger partial charge in [-0.2, -0.15) is 4.98 Å². The fourth-order valence-corrected chi connectivity index (χ4v) is 3.73. The van der Waals surface area contributed by atoms with Gasteiger partial charge in [-0.15, -0.1) is 11.3 Å². The summed E-state index contributed by atoms with van der Waals surface area (Å²) in [6.45, 7) is 3.39. The van der Waals surface area contributed by atoms with Crippen molar-refractivity contribution in [1.29, 1.82) is 0 Å². The topological polar surface area (TPSA) is 39.5 Å². The Morgan fingerprint density at radius 2 is 2.12 bits per heavy atom. The number of hydrogen-bond acceptors (Lipinski definition) is 4. The number of morpholine rings is 1. The lowest BCUT2D eigenvalue weighted by Gasteiger charge is -2.22. The summed E-state index contributed by atoms with van der Waals surface area (Å²) in [5.41, 5.74) is 0.906. The third kappa shape index (κ3) is 2.20. The van der Waals surface area contributed by atoms with E-state index < -0.39 is 0 Å². The van der Waals surface area contributed by atoms with Gasteiger partial charge >= 0.3 is 0 Å². The SMILES string of the molecule is Clc1nc([NH+]2CCOCC2)c2scc(Br)c2n1. The van der Waals surface area contributed by atoms with Gasteiger partial charge in [-0.25, -0.2) is 4.98 Å². The molecule has 0 atom stereocenters. The second kappa shape index (κ2) is 4.78. The summed E-state index contributed by atoms with van der Waals surface area (Å²) in [4.78, 5) is 9.97. The first-order valence-electron chi connectivity index (χ1n) is 5.29. The van der Waals surface area contributed by atoms with Crippen molar-refractivity contribution in [2.45, 2.75) is 0 Å². The Hall–Kier alpha value is -0.270. The summed E-state index contributed by atoms with van der Waals surface area (Å²) in [6.07, 6.45) is 0. The second-order valence-electron chi connectivity index (χ2n) is 3.82. The van der Waals surface area contributed by atoms with E-state index in [2.05, 4.69) is 25.9 Å². The number of thiophene rings is 1. The van der Waals surface area contributed by atoms with E-state index >= 15 is 0 Å². The molecule has 0 unspecified atom stereocenters. The lowest BCUT2D eigenvalue weighted by Crippen LogP contribution is -3.09. The molecule has 3 rings (SSSR count). The Balaban J connectivity index is 2.13. The van der Waals surface area contributed by atoms with Crippen molar-refractivity contribution >= 4 is 54.9 Å². The third-order valence-electron chi connectivity index (χ3n) is 2.78. The summed E-state index contributed by atoms with van der Waals surface area (Å²) in [5.74, 6) is 0.999. The molecule has 2 aromatic rings. The molecular weight excluding hydrogens is 326 g/mol. The Morgan fingerprint density at radius 1 is 1.35 bits per heavy atom. The summed E-state index contributed by atoms with van der Waals surface area (Å²) in [6, 6.07) is 0. The minimum absolute atomic E-state index is 0.311. The number of ether oxygens (including phenoxy) is 1. The fourth-order valence-electron chi connectivity index (χ4n) is 1.96. The summed E-state index contributed by atoms with van der Waals surface area (Å²) >= 11 is 11.1. The second-order valence-corrected chi connectivity index (χ2v) is 5.89. The van der Waals surface area contributed by atoms with Gasteiger partial charge in [-0.1, -0.05) is 0 Å². The number of quaternary nitrogens is 1. The first-order valence-corrected chi connectivity index (χ1v) is 7.34. The fraction of sp³-hybridized carbons (Fsp3) is 0.400. The Kier molecular flexibility index (Phi) is 3.32. The zero-order valence-electron chi connectivity index (χ0n) is 8.87. The van der Waals surface area contributed by atoms with Crippen LogP contribution in [-0.4, -0.2) is 36.3 Å². The molecule has 4 nitrogen and oxygen atoms in total. The molecule has 1 aliphatic heterocycles. The molecule has 17 heavy (non-hydrogen) atoms. The zero-order valence-corrected chi connectivity index (χ0v) is 12.0. The molecule has 0 bridgehead atoms. The van der Waals surface area contributed by atoms with E-state index in [9.17, 15) is 0 Å².